The molecule has 6 rings (SSSR count). The van der Waals surface area contributed by atoms with Gasteiger partial charge in [-0.3, -0.25) is 23.9 Å². The Balaban J connectivity index is 1.73. The summed E-state index contributed by atoms with van der Waals surface area (Å²) < 4.78 is 41.0. The standard InChI is InChI=1S/C43H59N4O15P/c1-21-12-11-13-22(2)42(54)45-33-28(20-44-47-17-15-46(9)16-18-47)36(51)30-31(37(33)52)35(50)26(6)40-32(30)41(53)43(8,61-40)59-19-14-29(58-10)23(3)39(60-27(7)48)25(5)34(49)24(4)38(21)62-63(55,56)57/h11-14,19-21,23-25,29,34,38-39,49-52H,15-18H2,1-10H3,(H,45,54)(H2,55,56,57)/b12-11+,19-14+,22-13-,44-20+/t21-,23+,24-,25+,29-,34+,38-,39+,43-/m0/s1. The number of phosphoric acid groups is 1. The number of nitrogens with zero attached hydrogens (tertiary/aromatic N) is 3. The highest BCUT2D eigenvalue weighted by molar-refractivity contribution is 7.46. The number of fused-ring (bicyclic) bond motifs is 14. The Morgan fingerprint density at radius 3 is 2.21 bits per heavy atom. The third-order valence-corrected chi connectivity index (χ3v) is 12.6. The number of carbonyl (C=O) groups is 3. The third-order valence-electron chi connectivity index (χ3n) is 12.1. The summed E-state index contributed by atoms with van der Waals surface area (Å²) in [5, 5.41) is 55.7. The van der Waals surface area contributed by atoms with E-state index >= 15 is 0 Å². The first kappa shape index (κ1) is 49.0. The molecule has 19 nitrogen and oxygen atoms in total. The van der Waals surface area contributed by atoms with Gasteiger partial charge in [0.05, 0.1) is 53.0 Å². The first-order valence-corrected chi connectivity index (χ1v) is 22.1. The molecule has 0 spiro atoms. The summed E-state index contributed by atoms with van der Waals surface area (Å²) in [6.45, 7) is 14.2. The predicted molar refractivity (Wildman–Crippen MR) is 231 cm³/mol. The van der Waals surface area contributed by atoms with E-state index in [1.54, 1.807) is 25.8 Å². The van der Waals surface area contributed by atoms with Crippen LogP contribution in [0.3, 0.4) is 0 Å². The lowest BCUT2D eigenvalue weighted by atomic mass is 9.78. The van der Waals surface area contributed by atoms with E-state index in [4.69, 9.17) is 23.5 Å². The number of hydrazone groups is 1. The van der Waals surface area contributed by atoms with Crippen LogP contribution in [-0.4, -0.2) is 135 Å². The fourth-order valence-corrected chi connectivity index (χ4v) is 8.96. The van der Waals surface area contributed by atoms with Crippen LogP contribution >= 0.6 is 7.82 Å². The molecule has 0 radical (unpaired) electrons. The molecule has 5 bridgehead atoms. The van der Waals surface area contributed by atoms with Crippen LogP contribution in [0.1, 0.15) is 70.0 Å². The number of carbonyl (C=O) groups excluding carboxylic acids is 3. The van der Waals surface area contributed by atoms with Gasteiger partial charge in [0, 0.05) is 87.3 Å². The van der Waals surface area contributed by atoms with E-state index in [0.717, 1.165) is 6.26 Å². The Hall–Kier alpha value is -5.01. The minimum Gasteiger partial charge on any atom is -0.507 e. The number of rotatable bonds is 6. The SMILES string of the molecule is CO[C@H]1/C=C/O[C@@]2(C)Oc3c(C)c(O)c4c(O)c(c(/C=N/N5CCN(C)CC5)c(O)c4c3C2=O)NC(=O)/C(C)=C\C=C\[C@H](C)[C@H](OP(=O)(O)O)[C@@H](C)[C@@H](O)[C@@H](C)[C@H](OC(C)=O)[C@@H]1C. The molecule has 0 unspecified atom stereocenters. The number of hydrogen-bond donors (Lipinski definition) is 7. The number of aliphatic hydroxyl groups excluding tert-OH is 1. The summed E-state index contributed by atoms with van der Waals surface area (Å²) in [6, 6.07) is 0. The number of ketones is 1. The Kier molecular flexibility index (Phi) is 15.1. The van der Waals surface area contributed by atoms with Crippen molar-refractivity contribution in [3.05, 3.63) is 52.8 Å². The van der Waals surface area contributed by atoms with Crippen LogP contribution in [-0.2, 0) is 32.9 Å². The van der Waals surface area contributed by atoms with Crippen LogP contribution < -0.4 is 10.1 Å². The van der Waals surface area contributed by atoms with Crippen molar-refractivity contribution in [2.75, 3.05) is 45.7 Å². The summed E-state index contributed by atoms with van der Waals surface area (Å²) >= 11 is 0. The molecule has 7 N–H and O–H groups in total. The largest absolute Gasteiger partial charge is 0.507 e. The average molecular weight is 903 g/mol. The van der Waals surface area contributed by atoms with Gasteiger partial charge in [-0.05, 0) is 27.0 Å². The molecule has 346 valence electrons. The topological polar surface area (TPSA) is 267 Å². The number of esters is 1. The summed E-state index contributed by atoms with van der Waals surface area (Å²) in [7, 11) is -1.79. The Morgan fingerprint density at radius 2 is 1.60 bits per heavy atom. The normalized spacial score (nSPS) is 31.1. The molecule has 2 aromatic rings. The summed E-state index contributed by atoms with van der Waals surface area (Å²) in [5.41, 5.74) is -0.656. The second kappa shape index (κ2) is 19.4. The van der Waals surface area contributed by atoms with Crippen LogP contribution in [0.4, 0.5) is 5.69 Å². The van der Waals surface area contributed by atoms with E-state index in [1.807, 2.05) is 7.05 Å². The summed E-state index contributed by atoms with van der Waals surface area (Å²) in [5.74, 6) is -9.71. The molecule has 1 fully saturated rings. The quantitative estimate of drug-likeness (QED) is 0.0694. The number of hydrogen-bond acceptors (Lipinski definition) is 16. The molecule has 63 heavy (non-hydrogen) atoms. The maximum Gasteiger partial charge on any atom is 0.469 e. The fraction of sp³-hybridized carbons (Fsp3) is 0.535. The zero-order valence-corrected chi connectivity index (χ0v) is 38.0. The maximum absolute atomic E-state index is 14.5. The van der Waals surface area contributed by atoms with Gasteiger partial charge in [-0.1, -0.05) is 45.9 Å². The molecule has 20 heteroatoms. The van der Waals surface area contributed by atoms with Crippen molar-refractivity contribution in [1.29, 1.82) is 0 Å². The second-order valence-electron chi connectivity index (χ2n) is 16.7. The zero-order chi connectivity index (χ0) is 46.9. The first-order chi connectivity index (χ1) is 29.4. The highest BCUT2D eigenvalue weighted by atomic mass is 31.2. The predicted octanol–water partition coefficient (Wildman–Crippen LogP) is 4.45. The lowest BCUT2D eigenvalue weighted by Gasteiger charge is -2.39. The number of ether oxygens (including phenoxy) is 4. The van der Waals surface area contributed by atoms with E-state index < -0.39 is 96.6 Å². The number of allylic oxidation sites excluding steroid dienone is 2. The number of phosphoric ester groups is 1. The van der Waals surface area contributed by atoms with Crippen molar-refractivity contribution in [2.45, 2.75) is 85.6 Å². The van der Waals surface area contributed by atoms with Gasteiger partial charge in [0.15, 0.2) is 5.75 Å². The molecule has 1 amide bonds. The van der Waals surface area contributed by atoms with Gasteiger partial charge in [0.2, 0.25) is 0 Å². The summed E-state index contributed by atoms with van der Waals surface area (Å²) in [6.07, 6.45) is 3.55. The number of benzene rings is 2. The van der Waals surface area contributed by atoms with E-state index in [0.29, 0.717) is 26.2 Å². The van der Waals surface area contributed by atoms with Crippen LogP contribution in [0.5, 0.6) is 23.0 Å². The molecule has 0 saturated carbocycles. The van der Waals surface area contributed by atoms with Crippen molar-refractivity contribution in [3.8, 4) is 23.0 Å². The molecule has 4 aliphatic heterocycles. The smallest absolute Gasteiger partial charge is 0.469 e. The number of phenols is 3. The van der Waals surface area contributed by atoms with Crippen molar-refractivity contribution < 1.29 is 72.6 Å². The van der Waals surface area contributed by atoms with Gasteiger partial charge in [0.25, 0.3) is 11.7 Å². The first-order valence-electron chi connectivity index (χ1n) is 20.5. The van der Waals surface area contributed by atoms with Crippen molar-refractivity contribution in [2.24, 2.45) is 28.8 Å². The summed E-state index contributed by atoms with van der Waals surface area (Å²) in [4.78, 5) is 62.7. The Morgan fingerprint density at radius 1 is 0.968 bits per heavy atom. The van der Waals surface area contributed by atoms with Gasteiger partial charge < -0.3 is 59.4 Å². The van der Waals surface area contributed by atoms with Gasteiger partial charge >= 0.3 is 19.6 Å². The number of aromatic hydroxyl groups is 3. The lowest BCUT2D eigenvalue weighted by Crippen LogP contribution is -2.47. The number of anilines is 1. The van der Waals surface area contributed by atoms with Gasteiger partial charge in [-0.2, -0.15) is 5.10 Å². The molecular weight excluding hydrogens is 843 g/mol. The highest BCUT2D eigenvalue weighted by Crippen LogP contribution is 2.55. The monoisotopic (exact) mass is 902 g/mol. The van der Waals surface area contributed by atoms with E-state index in [9.17, 15) is 49.2 Å². The highest BCUT2D eigenvalue weighted by Gasteiger charge is 2.50. The molecule has 2 aromatic carbocycles. The molecule has 0 aromatic heterocycles. The van der Waals surface area contributed by atoms with Crippen LogP contribution in [0.15, 0.2) is 41.2 Å². The molecule has 4 aliphatic rings. The lowest BCUT2D eigenvalue weighted by molar-refractivity contribution is -0.160. The number of Topliss-reactive ketones (excluding diaryl/α,β-unsaturated/α-hetero) is 1. The second-order valence-corrected chi connectivity index (χ2v) is 17.9. The van der Waals surface area contributed by atoms with Gasteiger partial charge in [-0.15, -0.1) is 0 Å². The van der Waals surface area contributed by atoms with Crippen LogP contribution in [0, 0.1) is 30.6 Å². The molecule has 0 aliphatic carbocycles. The Bertz CT molecular complexity index is 2270. The van der Waals surface area contributed by atoms with Gasteiger partial charge in [0.1, 0.15) is 23.4 Å². The minimum absolute atomic E-state index is 0.0178. The van der Waals surface area contributed by atoms with E-state index in [1.165, 1.54) is 72.2 Å². The van der Waals surface area contributed by atoms with Crippen molar-refractivity contribution in [3.63, 3.8) is 0 Å². The fourth-order valence-electron chi connectivity index (χ4n) is 8.26. The van der Waals surface area contributed by atoms with Gasteiger partial charge in [-0.25, -0.2) is 4.57 Å². The molecule has 1 saturated heterocycles. The number of phenolic OH excluding ortho intramolecular Hbond substituents is 3. The number of aliphatic hydroxyl groups is 1. The number of nitrogens with one attached hydrogen (secondary N) is 1. The molecule has 4 heterocycles. The average Bonchev–Trinajstić information content (AvgIpc) is 3.48. The molecule has 9 atom stereocenters. The number of piperazine rings is 1. The van der Waals surface area contributed by atoms with Crippen molar-refractivity contribution >= 4 is 48.2 Å². The van der Waals surface area contributed by atoms with E-state index in [2.05, 4.69) is 15.3 Å². The van der Waals surface area contributed by atoms with Crippen LogP contribution in [0.2, 0.25) is 0 Å². The van der Waals surface area contributed by atoms with Crippen molar-refractivity contribution in [1.82, 2.24) is 9.91 Å². The van der Waals surface area contributed by atoms with E-state index in [-0.39, 0.29) is 44.5 Å². The van der Waals surface area contributed by atoms with Crippen LogP contribution in [0.25, 0.3) is 10.8 Å². The third kappa shape index (κ3) is 10.4. The zero-order valence-electron chi connectivity index (χ0n) is 37.1. The molecular formula is C43H59N4O15P. The Labute approximate surface area is 365 Å². The number of amides is 1. The maximum atomic E-state index is 14.5. The number of methoxy groups -OCH3 is 1. The minimum atomic E-state index is -5.14. The number of likely N-dealkylation sites (N-methyl/N-ethyl adjacent to an activating group) is 1.